The molecule has 20 aromatic carbocycles. The van der Waals surface area contributed by atoms with Gasteiger partial charge in [0.1, 0.15) is 5.82 Å². The van der Waals surface area contributed by atoms with Gasteiger partial charge >= 0.3 is 0 Å². The van der Waals surface area contributed by atoms with Crippen molar-refractivity contribution in [1.29, 1.82) is 0 Å². The lowest BCUT2D eigenvalue weighted by atomic mass is 10.00. The summed E-state index contributed by atoms with van der Waals surface area (Å²) in [5.41, 5.74) is 27.8. The van der Waals surface area contributed by atoms with Gasteiger partial charge in [0.05, 0.1) is 72.6 Å². The van der Waals surface area contributed by atoms with Crippen molar-refractivity contribution in [2.45, 2.75) is 0 Å². The highest BCUT2D eigenvalue weighted by atomic mass is 32.1. The van der Waals surface area contributed by atoms with Gasteiger partial charge in [-0.15, -0.1) is 34.0 Å². The van der Waals surface area contributed by atoms with E-state index in [1.807, 2.05) is 40.1 Å². The van der Waals surface area contributed by atoms with Crippen molar-refractivity contribution < 1.29 is 0 Å². The van der Waals surface area contributed by atoms with Crippen molar-refractivity contribution >= 4 is 182 Å². The zero-order chi connectivity index (χ0) is 95.5. The predicted octanol–water partition coefficient (Wildman–Crippen LogP) is 35.9. The minimum atomic E-state index is 0.653. The largest absolute Gasteiger partial charge is 0.309 e. The molecule has 0 saturated carbocycles. The van der Waals surface area contributed by atoms with Crippen molar-refractivity contribution in [3.63, 3.8) is 0 Å². The molecule has 0 unspecified atom stereocenters. The highest BCUT2D eigenvalue weighted by Crippen LogP contribution is 2.47. The molecule has 0 N–H and O–H groups in total. The molecule has 0 aliphatic rings. The Kier molecular flexibility index (Phi) is 20.6. The molecule has 0 spiro atoms. The summed E-state index contributed by atoms with van der Waals surface area (Å²) in [6, 6.07) is 177. The summed E-state index contributed by atoms with van der Waals surface area (Å²) in [5.74, 6) is 2.92. The van der Waals surface area contributed by atoms with Crippen molar-refractivity contribution in [2.24, 2.45) is 0 Å². The van der Waals surface area contributed by atoms with Gasteiger partial charge in [0.15, 0.2) is 11.6 Å². The molecule has 0 atom stereocenters. The lowest BCUT2D eigenvalue weighted by molar-refractivity contribution is 0.996. The number of rotatable bonds is 13. The standard InChI is InChI=1S/C46H28N4S.C46H29N3S.C40H25N3S/c1-3-13-29(14-4-1)38-28-39(30-23-24-35-34-19-9-12-22-44(34)51-45(35)25-30)48-46(47-38)50-41-21-11-8-18-33(41)37-26-42-36(27-43(37)50)32-17-7-10-20-40(32)49(42)31-15-5-2-6-16-31;1-3-13-30(14-4-1)31-15-11-16-32(27-31)40-29-41(48-46(47-40)33-25-26-37-36-20-8-10-24-43(36)50-44(37)28-33)39-22-12-21-38-35-19-7-9-23-42(35)49(45(38)39)34-17-5-2-6-18-34;1-2-11-26(12-3-1)27-13-10-14-28(23-27)34-25-39(43-35-18-7-4-15-30(35)31-16-5-8-19-36(31)43)42-40(41-34)29-21-22-38-33(24-29)32-17-6-9-20-37(32)44-38/h1-28H;1-29H;1-25H. The summed E-state index contributed by atoms with van der Waals surface area (Å²) in [7, 11) is 0. The molecule has 10 aromatic heterocycles. The number of benzene rings is 20. The molecule has 678 valence electrons. The van der Waals surface area contributed by atoms with E-state index in [-0.39, 0.29) is 0 Å². The van der Waals surface area contributed by atoms with E-state index < -0.39 is 0 Å². The monoisotopic (exact) mass is 1900 g/mol. The number of nitrogens with zero attached hydrogens (tertiary/aromatic N) is 10. The van der Waals surface area contributed by atoms with E-state index in [0.29, 0.717) is 17.6 Å². The molecular weight excluding hydrogens is 1820 g/mol. The van der Waals surface area contributed by atoms with E-state index in [2.05, 4.69) is 510 Å². The molecule has 13 heteroatoms. The first-order valence-corrected chi connectivity index (χ1v) is 51.2. The Hall–Kier alpha value is -18.5. The molecule has 0 radical (unpaired) electrons. The summed E-state index contributed by atoms with van der Waals surface area (Å²) in [6.45, 7) is 0. The Morgan fingerprint density at radius 1 is 0.152 bits per heavy atom. The Bertz CT molecular complexity index is 10300. The van der Waals surface area contributed by atoms with Crippen molar-refractivity contribution in [3.05, 3.63) is 497 Å². The summed E-state index contributed by atoms with van der Waals surface area (Å²) >= 11 is 5.47. The van der Waals surface area contributed by atoms with Crippen LogP contribution in [0.25, 0.3) is 272 Å². The van der Waals surface area contributed by atoms with Gasteiger partial charge < -0.3 is 9.13 Å². The summed E-state index contributed by atoms with van der Waals surface area (Å²) in [6.07, 6.45) is 0. The van der Waals surface area contributed by atoms with Gasteiger partial charge in [-0.25, -0.2) is 29.9 Å². The van der Waals surface area contributed by atoms with Gasteiger partial charge in [-0.05, 0) is 162 Å². The van der Waals surface area contributed by atoms with E-state index in [4.69, 9.17) is 29.9 Å². The smallest absolute Gasteiger partial charge is 0.235 e. The van der Waals surface area contributed by atoms with Crippen LogP contribution >= 0.6 is 34.0 Å². The highest BCUT2D eigenvalue weighted by Gasteiger charge is 2.26. The second-order valence-electron chi connectivity index (χ2n) is 36.7. The van der Waals surface area contributed by atoms with Gasteiger partial charge in [-0.2, -0.15) is 0 Å². The second kappa shape index (κ2) is 35.4. The number of aromatic nitrogens is 10. The van der Waals surface area contributed by atoms with Gasteiger partial charge in [-0.1, -0.05) is 352 Å². The molecule has 0 saturated heterocycles. The van der Waals surface area contributed by atoms with Crippen molar-refractivity contribution in [3.8, 4) is 124 Å². The molecule has 30 aromatic rings. The highest BCUT2D eigenvalue weighted by molar-refractivity contribution is 7.26. The molecule has 0 amide bonds. The Labute approximate surface area is 845 Å². The van der Waals surface area contributed by atoms with E-state index in [9.17, 15) is 0 Å². The topological polar surface area (TPSA) is 97.1 Å². The van der Waals surface area contributed by atoms with Crippen molar-refractivity contribution in [2.75, 3.05) is 0 Å². The Balaban J connectivity index is 0.000000106. The van der Waals surface area contributed by atoms with Gasteiger partial charge in [0, 0.05) is 160 Å². The second-order valence-corrected chi connectivity index (χ2v) is 40.0. The first kappa shape index (κ1) is 84.6. The quantitative estimate of drug-likeness (QED) is 0.114. The SMILES string of the molecule is c1ccc(-c2cc(-c3ccc4c(c3)sc3ccccc34)nc(-n3c4ccccc4c4cc5c(cc43)c3ccccc3n5-c3ccccc3)n2)cc1.c1ccc(-c2cccc(-c3cc(-c4cccc5c6ccccc6n(-c6ccccc6)c45)nc(-c4ccc5c(c4)sc4ccccc45)n3)c2)cc1.c1ccc(-c2cccc(-c3cc(-n4c5ccccc5c5ccccc54)nc(-c4ccc5sc6ccccc6c5c4)n3)c2)cc1. The average molecular weight is 1900 g/mol. The van der Waals surface area contributed by atoms with Crippen molar-refractivity contribution in [1.82, 2.24) is 48.2 Å². The maximum Gasteiger partial charge on any atom is 0.235 e. The predicted molar refractivity (Wildman–Crippen MR) is 611 cm³/mol. The molecule has 30 rings (SSSR count). The summed E-state index contributed by atoms with van der Waals surface area (Å²) in [4.78, 5) is 31.9. The fraction of sp³-hybridized carbons (Fsp3) is 0. The summed E-state index contributed by atoms with van der Waals surface area (Å²) < 4.78 is 16.9. The fourth-order valence-electron chi connectivity index (χ4n) is 21.5. The molecule has 145 heavy (non-hydrogen) atoms. The molecule has 10 nitrogen and oxygen atoms in total. The zero-order valence-corrected chi connectivity index (χ0v) is 80.5. The van der Waals surface area contributed by atoms with Gasteiger partial charge in [0.25, 0.3) is 0 Å². The minimum Gasteiger partial charge on any atom is -0.309 e. The third-order valence-corrected chi connectivity index (χ3v) is 31.6. The van der Waals surface area contributed by atoms with Crippen LogP contribution in [0.15, 0.2) is 497 Å². The number of hydrogen-bond acceptors (Lipinski definition) is 9. The van der Waals surface area contributed by atoms with Gasteiger partial charge in [0.2, 0.25) is 5.95 Å². The zero-order valence-electron chi connectivity index (χ0n) is 78.0. The number of para-hydroxylation sites is 8. The van der Waals surface area contributed by atoms with Crippen LogP contribution in [0.1, 0.15) is 0 Å². The maximum atomic E-state index is 5.38. The number of fused-ring (bicyclic) bond motifs is 21. The Morgan fingerprint density at radius 3 is 1.03 bits per heavy atom. The molecule has 0 bridgehead atoms. The average Bonchev–Trinajstić information content (AvgIpc) is 1.55. The normalized spacial score (nSPS) is 11.7. The maximum absolute atomic E-state index is 5.38. The van der Waals surface area contributed by atoms with E-state index in [1.54, 1.807) is 0 Å². The summed E-state index contributed by atoms with van der Waals surface area (Å²) in [5, 5.41) is 17.2. The van der Waals surface area contributed by atoms with Crippen LogP contribution in [0.5, 0.6) is 0 Å². The van der Waals surface area contributed by atoms with Crippen LogP contribution in [0.4, 0.5) is 0 Å². The first-order valence-electron chi connectivity index (χ1n) is 48.8. The molecule has 0 aliphatic heterocycles. The van der Waals surface area contributed by atoms with Crippen LogP contribution < -0.4 is 0 Å². The minimum absolute atomic E-state index is 0.653. The molecule has 0 fully saturated rings. The number of thiophene rings is 3. The van der Waals surface area contributed by atoms with Gasteiger partial charge in [-0.3, -0.25) is 9.13 Å². The van der Waals surface area contributed by atoms with E-state index >= 15 is 0 Å². The Morgan fingerprint density at radius 2 is 0.483 bits per heavy atom. The molecule has 0 aliphatic carbocycles. The van der Waals surface area contributed by atoms with Crippen LogP contribution in [0, 0.1) is 0 Å². The molecular formula is C132H82N10S3. The fourth-order valence-corrected chi connectivity index (χ4v) is 24.8. The lowest BCUT2D eigenvalue weighted by Gasteiger charge is -2.14. The lowest BCUT2D eigenvalue weighted by Crippen LogP contribution is -2.04. The van der Waals surface area contributed by atoms with E-state index in [1.165, 1.54) is 131 Å². The number of hydrogen-bond donors (Lipinski definition) is 0. The van der Waals surface area contributed by atoms with Crippen LogP contribution in [0.2, 0.25) is 0 Å². The first-order chi connectivity index (χ1) is 71.9. The van der Waals surface area contributed by atoms with E-state index in [0.717, 1.165) is 123 Å². The van der Waals surface area contributed by atoms with Crippen LogP contribution in [-0.4, -0.2) is 48.2 Å². The third-order valence-electron chi connectivity index (χ3n) is 28.2. The van der Waals surface area contributed by atoms with Crippen LogP contribution in [-0.2, 0) is 0 Å². The molecule has 10 heterocycles. The third kappa shape index (κ3) is 14.9. The van der Waals surface area contributed by atoms with Crippen LogP contribution in [0.3, 0.4) is 0 Å².